The molecular weight excluding hydrogens is 793 g/mol. The summed E-state index contributed by atoms with van der Waals surface area (Å²) in [5.41, 5.74) is 4.05. The first kappa shape index (κ1) is 44.8. The number of fused-ring (bicyclic) bond motifs is 2. The Morgan fingerprint density at radius 2 is 1.81 bits per heavy atom. The number of unbranched alkanes of at least 4 members (excludes halogenated alkanes) is 2. The lowest BCUT2D eigenvalue weighted by molar-refractivity contribution is -0.384. The van der Waals surface area contributed by atoms with Crippen LogP contribution in [0.2, 0.25) is 0 Å². The Morgan fingerprint density at radius 1 is 1.03 bits per heavy atom. The van der Waals surface area contributed by atoms with Crippen molar-refractivity contribution in [2.45, 2.75) is 75.7 Å². The number of hydrogen-bond acceptors (Lipinski definition) is 12. The molecule has 2 fully saturated rings. The number of rotatable bonds is 23. The molecule has 1 amide bonds. The number of amides is 1. The van der Waals surface area contributed by atoms with Crippen molar-refractivity contribution >= 4 is 17.3 Å². The van der Waals surface area contributed by atoms with Gasteiger partial charge in [-0.05, 0) is 96.7 Å². The topological polar surface area (TPSA) is 165 Å². The molecule has 6 atom stereocenters. The molecule has 0 spiro atoms. The second kappa shape index (κ2) is 20.7. The van der Waals surface area contributed by atoms with Gasteiger partial charge in [-0.15, -0.1) is 6.58 Å². The zero-order valence-electron chi connectivity index (χ0n) is 35.9. The molecule has 62 heavy (non-hydrogen) atoms. The van der Waals surface area contributed by atoms with Gasteiger partial charge < -0.3 is 38.9 Å². The van der Waals surface area contributed by atoms with Gasteiger partial charge in [-0.1, -0.05) is 42.3 Å². The van der Waals surface area contributed by atoms with Crippen LogP contribution in [0.5, 0.6) is 17.2 Å². The van der Waals surface area contributed by atoms with Crippen LogP contribution in [0, 0.1) is 27.9 Å². The van der Waals surface area contributed by atoms with E-state index in [4.69, 9.17) is 28.9 Å². The molecule has 2 aliphatic carbocycles. The third-order valence-corrected chi connectivity index (χ3v) is 12.8. The summed E-state index contributed by atoms with van der Waals surface area (Å²) < 4.78 is 26.1. The van der Waals surface area contributed by atoms with Crippen molar-refractivity contribution in [2.75, 3.05) is 60.2 Å². The van der Waals surface area contributed by atoms with E-state index in [1.165, 1.54) is 12.1 Å². The van der Waals surface area contributed by atoms with E-state index in [1.807, 2.05) is 36.4 Å². The van der Waals surface area contributed by atoms with Gasteiger partial charge in [0.25, 0.3) is 5.69 Å². The summed E-state index contributed by atoms with van der Waals surface area (Å²) in [7, 11) is 3.39. The Labute approximate surface area is 363 Å². The maximum atomic E-state index is 14.6. The summed E-state index contributed by atoms with van der Waals surface area (Å²) in [6.07, 6.45) is 8.90. The number of carbonyl (C=O) groups excluding carboxylic acids is 1. The van der Waals surface area contributed by atoms with Crippen LogP contribution in [0.4, 0.5) is 5.69 Å². The molecule has 2 N–H and O–H groups in total. The second-order valence-electron chi connectivity index (χ2n) is 16.7. The molecular formula is C48H60N4O10. The largest absolute Gasteiger partial charge is 0.497 e. The molecule has 14 heteroatoms. The summed E-state index contributed by atoms with van der Waals surface area (Å²) in [5.74, 6) is -0.0146. The molecule has 0 unspecified atom stereocenters. The molecule has 3 aromatic carbocycles. The van der Waals surface area contributed by atoms with Crippen LogP contribution in [-0.4, -0.2) is 109 Å². The highest BCUT2D eigenvalue weighted by Gasteiger charge is 2.65. The third kappa shape index (κ3) is 10.2. The minimum Gasteiger partial charge on any atom is -0.497 e. The summed E-state index contributed by atoms with van der Waals surface area (Å²) in [4.78, 5) is 35.6. The number of benzene rings is 3. The number of carbonyl (C=O) groups is 1. The number of likely N-dealkylation sites (N-methyl/N-ethyl adjacent to an activating group) is 1. The molecule has 7 rings (SSSR count). The van der Waals surface area contributed by atoms with E-state index >= 15 is 0 Å². The van der Waals surface area contributed by atoms with E-state index in [2.05, 4.69) is 23.6 Å². The van der Waals surface area contributed by atoms with Gasteiger partial charge in [0.2, 0.25) is 11.7 Å². The lowest BCUT2D eigenvalue weighted by atomic mass is 9.55. The van der Waals surface area contributed by atoms with Crippen molar-refractivity contribution in [3.63, 3.8) is 0 Å². The van der Waals surface area contributed by atoms with E-state index in [1.54, 1.807) is 37.3 Å². The van der Waals surface area contributed by atoms with Gasteiger partial charge in [-0.25, -0.2) is 0 Å². The SMILES string of the molecule is C=CCO[C@@]12Oc3ccc(OCCN4CC4)cc3[C@H]3[C@H](CCCCO)[C@@H](CCCCO)C=C(C(=NOCc4ccc([N+](=O)[O-])cc4)C[C@@H]1N(C)C(=O)Cc1cccc(OC)c1)[C@H]32. The average molecular weight is 853 g/mol. The van der Waals surface area contributed by atoms with Crippen LogP contribution in [0.1, 0.15) is 67.6 Å². The highest BCUT2D eigenvalue weighted by atomic mass is 16.7. The summed E-state index contributed by atoms with van der Waals surface area (Å²) >= 11 is 0. The molecule has 2 heterocycles. The number of non-ortho nitro benzene ring substituents is 1. The number of oxime groups is 1. The number of nitro benzene ring substituents is 1. The molecule has 14 nitrogen and oxygen atoms in total. The molecule has 0 radical (unpaired) electrons. The van der Waals surface area contributed by atoms with Gasteiger partial charge in [-0.2, -0.15) is 0 Å². The van der Waals surface area contributed by atoms with Crippen molar-refractivity contribution < 1.29 is 43.7 Å². The molecule has 1 saturated carbocycles. The van der Waals surface area contributed by atoms with Crippen molar-refractivity contribution in [2.24, 2.45) is 22.9 Å². The fourth-order valence-electron chi connectivity index (χ4n) is 9.56. The van der Waals surface area contributed by atoms with E-state index in [0.717, 1.165) is 67.8 Å². The van der Waals surface area contributed by atoms with Crippen LogP contribution in [0.3, 0.4) is 0 Å². The quantitative estimate of drug-likeness (QED) is 0.0338. The van der Waals surface area contributed by atoms with Crippen molar-refractivity contribution in [3.8, 4) is 17.2 Å². The molecule has 0 aromatic heterocycles. The molecule has 332 valence electrons. The number of nitrogens with zero attached hydrogens (tertiary/aromatic N) is 4. The predicted octanol–water partition coefficient (Wildman–Crippen LogP) is 6.83. The van der Waals surface area contributed by atoms with Crippen LogP contribution in [0.25, 0.3) is 0 Å². The van der Waals surface area contributed by atoms with E-state index in [-0.39, 0.29) is 68.6 Å². The van der Waals surface area contributed by atoms with Gasteiger partial charge in [0.1, 0.15) is 36.5 Å². The Hall–Kier alpha value is -5.28. The zero-order valence-corrected chi connectivity index (χ0v) is 35.9. The zero-order chi connectivity index (χ0) is 43.6. The van der Waals surface area contributed by atoms with Gasteiger partial charge in [0.05, 0.1) is 36.7 Å². The third-order valence-electron chi connectivity index (χ3n) is 12.8. The number of nitro groups is 1. The Bertz CT molecular complexity index is 2090. The van der Waals surface area contributed by atoms with Gasteiger partial charge in [0, 0.05) is 69.9 Å². The molecule has 1 saturated heterocycles. The fourth-order valence-corrected chi connectivity index (χ4v) is 9.56. The number of aliphatic hydroxyl groups is 2. The fraction of sp³-hybridized carbons (Fsp3) is 0.500. The van der Waals surface area contributed by atoms with Crippen LogP contribution >= 0.6 is 0 Å². The lowest BCUT2D eigenvalue weighted by Gasteiger charge is -2.59. The van der Waals surface area contributed by atoms with Crippen molar-refractivity contribution in [1.82, 2.24) is 9.80 Å². The monoisotopic (exact) mass is 852 g/mol. The number of aliphatic hydroxyl groups excluding tert-OH is 2. The smallest absolute Gasteiger partial charge is 0.269 e. The van der Waals surface area contributed by atoms with E-state index in [9.17, 15) is 25.1 Å². The highest BCUT2D eigenvalue weighted by Crippen LogP contribution is 2.62. The first-order valence-electron chi connectivity index (χ1n) is 21.9. The van der Waals surface area contributed by atoms with Crippen molar-refractivity contribution in [1.29, 1.82) is 0 Å². The van der Waals surface area contributed by atoms with Gasteiger partial charge >= 0.3 is 0 Å². The van der Waals surface area contributed by atoms with E-state index in [0.29, 0.717) is 42.2 Å². The molecule has 0 bridgehead atoms. The van der Waals surface area contributed by atoms with Gasteiger partial charge in [0.15, 0.2) is 0 Å². The first-order valence-corrected chi connectivity index (χ1v) is 21.9. The standard InChI is InChI=1S/C48H60N4O10/c1-4-25-60-48-44(50(2)45(55)28-34-10-9-12-37(27-34)58-3)31-42(49-61-32-33-14-16-36(17-15-33)52(56)57)40-29-35(11-5-7-23-53)39(13-6-8-24-54)46(47(40)48)41-30-38(18-19-43(41)62-48)59-26-22-51-20-21-51/h4,9-10,12,14-19,27,29-30,35,39,44,46-47,53-54H,1,5-8,11,13,20-26,28,31-32H2,2-3H3/t35-,39+,44-,46+,47+,48+/m0/s1. The number of allylic oxidation sites excluding steroid dienone is 1. The summed E-state index contributed by atoms with van der Waals surface area (Å²) in [6.45, 7) is 7.98. The molecule has 3 aromatic rings. The van der Waals surface area contributed by atoms with Crippen molar-refractivity contribution in [3.05, 3.63) is 118 Å². The maximum Gasteiger partial charge on any atom is 0.269 e. The van der Waals surface area contributed by atoms with Crippen LogP contribution < -0.4 is 14.2 Å². The molecule has 2 aliphatic heterocycles. The highest BCUT2D eigenvalue weighted by molar-refractivity contribution is 6.03. The first-order chi connectivity index (χ1) is 30.2. The second-order valence-corrected chi connectivity index (χ2v) is 16.7. The minimum atomic E-state index is -1.39. The predicted molar refractivity (Wildman–Crippen MR) is 234 cm³/mol. The normalized spacial score (nSPS) is 24.2. The van der Waals surface area contributed by atoms with Crippen LogP contribution in [0.15, 0.2) is 96.2 Å². The Kier molecular flexibility index (Phi) is 15.0. The number of ether oxygens (including phenoxy) is 4. The Balaban J connectivity index is 1.36. The minimum absolute atomic E-state index is 0.0151. The number of hydrogen-bond donors (Lipinski definition) is 2. The maximum absolute atomic E-state index is 14.6. The van der Waals surface area contributed by atoms with Gasteiger partial charge in [-0.3, -0.25) is 19.8 Å². The molecule has 4 aliphatic rings. The summed E-state index contributed by atoms with van der Waals surface area (Å²) in [5, 5.41) is 36.0. The van der Waals surface area contributed by atoms with Crippen LogP contribution in [-0.2, 0) is 27.4 Å². The Morgan fingerprint density at radius 3 is 2.52 bits per heavy atom. The van der Waals surface area contributed by atoms with E-state index < -0.39 is 22.7 Å². The average Bonchev–Trinajstić information content (AvgIpc) is 4.11. The summed E-state index contributed by atoms with van der Waals surface area (Å²) in [6, 6.07) is 19.0. The lowest BCUT2D eigenvalue weighted by Crippen LogP contribution is -2.69. The number of methoxy groups -OCH3 is 1.